The molecule has 1 amide bonds. The number of aryl methyl sites for hydroxylation is 1. The number of carbonyl (C=O) groups is 1. The molecule has 0 saturated carbocycles. The Morgan fingerprint density at radius 1 is 1.45 bits per heavy atom. The van der Waals surface area contributed by atoms with Crippen molar-refractivity contribution in [2.45, 2.75) is 32.8 Å². The Balaban J connectivity index is 2.26. The van der Waals surface area contributed by atoms with Crippen LogP contribution in [0.2, 0.25) is 0 Å². The first kappa shape index (κ1) is 16.5. The number of nitrogen functional groups attached to an aromatic ring is 1. The molecule has 1 atom stereocenters. The van der Waals surface area contributed by atoms with Crippen LogP contribution in [0.4, 0.5) is 11.4 Å². The maximum atomic E-state index is 11.8. The molecule has 0 aliphatic rings. The molecule has 5 heteroatoms. The lowest BCUT2D eigenvalue weighted by atomic mass is 10.1. The summed E-state index contributed by atoms with van der Waals surface area (Å²) in [4.78, 5) is 11.8. The minimum absolute atomic E-state index is 0.0131. The topological polar surface area (TPSA) is 73.6 Å². The van der Waals surface area contributed by atoms with E-state index in [1.165, 1.54) is 0 Å². The van der Waals surface area contributed by atoms with E-state index in [2.05, 4.69) is 5.32 Å². The van der Waals surface area contributed by atoms with Crippen molar-refractivity contribution in [3.05, 3.63) is 23.8 Å². The predicted molar refractivity (Wildman–Crippen MR) is 80.7 cm³/mol. The normalized spacial score (nSPS) is 12.2. The van der Waals surface area contributed by atoms with Gasteiger partial charge in [-0.2, -0.15) is 0 Å². The maximum absolute atomic E-state index is 11.8. The Hall–Kier alpha value is -1.59. The summed E-state index contributed by atoms with van der Waals surface area (Å²) in [5, 5.41) is 2.88. The van der Waals surface area contributed by atoms with E-state index in [-0.39, 0.29) is 12.0 Å². The quantitative estimate of drug-likeness (QED) is 0.566. The fourth-order valence-corrected chi connectivity index (χ4v) is 1.84. The number of hydrogen-bond donors (Lipinski definition) is 2. The van der Waals surface area contributed by atoms with Crippen molar-refractivity contribution in [1.82, 2.24) is 0 Å². The van der Waals surface area contributed by atoms with Gasteiger partial charge in [-0.05, 0) is 44.0 Å². The highest BCUT2D eigenvalue weighted by Crippen LogP contribution is 2.17. The Bertz CT molecular complexity index is 435. The molecule has 1 unspecified atom stereocenters. The number of nitrogens with two attached hydrogens (primary N) is 1. The van der Waals surface area contributed by atoms with Crippen LogP contribution in [-0.2, 0) is 14.3 Å². The highest BCUT2D eigenvalue weighted by atomic mass is 16.5. The summed E-state index contributed by atoms with van der Waals surface area (Å²) in [5.41, 5.74) is 8.13. The van der Waals surface area contributed by atoms with E-state index in [0.29, 0.717) is 31.7 Å². The monoisotopic (exact) mass is 280 g/mol. The van der Waals surface area contributed by atoms with Crippen molar-refractivity contribution in [2.75, 3.05) is 31.4 Å². The molecule has 1 rings (SSSR count). The average molecular weight is 280 g/mol. The molecule has 112 valence electrons. The third kappa shape index (κ3) is 6.04. The lowest BCUT2D eigenvalue weighted by Gasteiger charge is -2.12. The third-order valence-electron chi connectivity index (χ3n) is 2.88. The third-order valence-corrected chi connectivity index (χ3v) is 2.88. The number of methoxy groups -OCH3 is 1. The predicted octanol–water partition coefficient (Wildman–Crippen LogP) is 2.35. The molecule has 0 aliphatic heterocycles. The lowest BCUT2D eigenvalue weighted by molar-refractivity contribution is -0.116. The molecule has 0 aliphatic carbocycles. The van der Waals surface area contributed by atoms with Gasteiger partial charge in [0.05, 0.1) is 12.7 Å². The molecule has 0 heterocycles. The van der Waals surface area contributed by atoms with E-state index in [4.69, 9.17) is 15.2 Å². The molecular formula is C15H24N2O3. The number of rotatable bonds is 8. The van der Waals surface area contributed by atoms with E-state index < -0.39 is 0 Å². The van der Waals surface area contributed by atoms with Crippen molar-refractivity contribution >= 4 is 17.3 Å². The van der Waals surface area contributed by atoms with Crippen LogP contribution < -0.4 is 11.1 Å². The molecule has 1 aromatic rings. The fourth-order valence-electron chi connectivity index (χ4n) is 1.84. The molecule has 3 N–H and O–H groups in total. The number of benzene rings is 1. The largest absolute Gasteiger partial charge is 0.399 e. The van der Waals surface area contributed by atoms with Gasteiger partial charge in [-0.1, -0.05) is 0 Å². The summed E-state index contributed by atoms with van der Waals surface area (Å²) in [7, 11) is 1.64. The van der Waals surface area contributed by atoms with Gasteiger partial charge in [0.15, 0.2) is 0 Å². The van der Waals surface area contributed by atoms with E-state index >= 15 is 0 Å². The van der Waals surface area contributed by atoms with Crippen LogP contribution in [0.5, 0.6) is 0 Å². The first-order valence-corrected chi connectivity index (χ1v) is 6.79. The van der Waals surface area contributed by atoms with Gasteiger partial charge in [-0.25, -0.2) is 0 Å². The fraction of sp³-hybridized carbons (Fsp3) is 0.533. The summed E-state index contributed by atoms with van der Waals surface area (Å²) in [5.74, 6) is -0.0131. The smallest absolute Gasteiger partial charge is 0.224 e. The van der Waals surface area contributed by atoms with Crippen molar-refractivity contribution in [3.8, 4) is 0 Å². The molecule has 0 saturated heterocycles. The average Bonchev–Trinajstić information content (AvgIpc) is 2.38. The number of carbonyl (C=O) groups excluding carboxylic acids is 1. The molecule has 1 aromatic carbocycles. The molecule has 0 fully saturated rings. The SMILES string of the molecule is COCC(C)OCCCC(=O)Nc1ccc(N)cc1C. The van der Waals surface area contributed by atoms with Gasteiger partial charge in [0.1, 0.15) is 0 Å². The summed E-state index contributed by atoms with van der Waals surface area (Å²) < 4.78 is 10.5. The van der Waals surface area contributed by atoms with Gasteiger partial charge in [0, 0.05) is 31.5 Å². The van der Waals surface area contributed by atoms with Gasteiger partial charge in [0.2, 0.25) is 5.91 Å². The van der Waals surface area contributed by atoms with Crippen LogP contribution in [0, 0.1) is 6.92 Å². The number of ether oxygens (including phenoxy) is 2. The first-order valence-electron chi connectivity index (χ1n) is 6.79. The lowest BCUT2D eigenvalue weighted by Crippen LogP contribution is -2.17. The van der Waals surface area contributed by atoms with Crippen LogP contribution in [0.25, 0.3) is 0 Å². The number of nitrogens with one attached hydrogen (secondary N) is 1. The van der Waals surface area contributed by atoms with Crippen LogP contribution >= 0.6 is 0 Å². The first-order chi connectivity index (χ1) is 9.52. The molecule has 20 heavy (non-hydrogen) atoms. The van der Waals surface area contributed by atoms with Crippen molar-refractivity contribution in [2.24, 2.45) is 0 Å². The Morgan fingerprint density at radius 2 is 2.20 bits per heavy atom. The Kier molecular flexibility index (Phi) is 7.04. The zero-order chi connectivity index (χ0) is 15.0. The van der Waals surface area contributed by atoms with Crippen LogP contribution in [0.15, 0.2) is 18.2 Å². The minimum atomic E-state index is -0.0131. The number of amides is 1. The van der Waals surface area contributed by atoms with E-state index in [9.17, 15) is 4.79 Å². The van der Waals surface area contributed by atoms with Gasteiger partial charge in [-0.3, -0.25) is 4.79 Å². The zero-order valence-electron chi connectivity index (χ0n) is 12.4. The van der Waals surface area contributed by atoms with E-state index in [1.807, 2.05) is 26.0 Å². The van der Waals surface area contributed by atoms with Gasteiger partial charge < -0.3 is 20.5 Å². The van der Waals surface area contributed by atoms with Gasteiger partial charge in [-0.15, -0.1) is 0 Å². The van der Waals surface area contributed by atoms with Crippen LogP contribution in [0.1, 0.15) is 25.3 Å². The van der Waals surface area contributed by atoms with Crippen LogP contribution in [-0.4, -0.2) is 32.3 Å². The minimum Gasteiger partial charge on any atom is -0.399 e. The molecule has 0 bridgehead atoms. The van der Waals surface area contributed by atoms with Gasteiger partial charge >= 0.3 is 0 Å². The second-order valence-corrected chi connectivity index (χ2v) is 4.86. The summed E-state index contributed by atoms with van der Waals surface area (Å²) in [6, 6.07) is 5.43. The second-order valence-electron chi connectivity index (χ2n) is 4.86. The second kappa shape index (κ2) is 8.55. The van der Waals surface area contributed by atoms with E-state index in [0.717, 1.165) is 11.3 Å². The molecule has 0 radical (unpaired) electrons. The Morgan fingerprint density at radius 3 is 2.85 bits per heavy atom. The molecule has 5 nitrogen and oxygen atoms in total. The van der Waals surface area contributed by atoms with Crippen molar-refractivity contribution in [1.29, 1.82) is 0 Å². The standard InChI is InChI=1S/C15H24N2O3/c1-11-9-13(16)6-7-14(11)17-15(18)5-4-8-20-12(2)10-19-3/h6-7,9,12H,4-5,8,10,16H2,1-3H3,(H,17,18). The summed E-state index contributed by atoms with van der Waals surface area (Å²) in [6.07, 6.45) is 1.18. The zero-order valence-corrected chi connectivity index (χ0v) is 12.4. The summed E-state index contributed by atoms with van der Waals surface area (Å²) >= 11 is 0. The van der Waals surface area contributed by atoms with Crippen molar-refractivity contribution < 1.29 is 14.3 Å². The highest BCUT2D eigenvalue weighted by molar-refractivity contribution is 5.91. The van der Waals surface area contributed by atoms with Crippen LogP contribution in [0.3, 0.4) is 0 Å². The van der Waals surface area contributed by atoms with Gasteiger partial charge in [0.25, 0.3) is 0 Å². The molecular weight excluding hydrogens is 256 g/mol. The number of hydrogen-bond acceptors (Lipinski definition) is 4. The molecule has 0 spiro atoms. The van der Waals surface area contributed by atoms with E-state index in [1.54, 1.807) is 13.2 Å². The van der Waals surface area contributed by atoms with Crippen molar-refractivity contribution in [3.63, 3.8) is 0 Å². The Labute approximate surface area is 120 Å². The maximum Gasteiger partial charge on any atom is 0.224 e. The highest BCUT2D eigenvalue weighted by Gasteiger charge is 2.06. The summed E-state index contributed by atoms with van der Waals surface area (Å²) in [6.45, 7) is 4.98. The molecule has 0 aromatic heterocycles. The number of anilines is 2.